The summed E-state index contributed by atoms with van der Waals surface area (Å²) in [7, 11) is 1.30. The van der Waals surface area contributed by atoms with Crippen molar-refractivity contribution in [3.05, 3.63) is 28.8 Å². The Labute approximate surface area is 160 Å². The van der Waals surface area contributed by atoms with E-state index in [1.54, 1.807) is 6.92 Å². The van der Waals surface area contributed by atoms with E-state index in [1.165, 1.54) is 12.0 Å². The molecule has 0 saturated carbocycles. The van der Waals surface area contributed by atoms with Crippen LogP contribution in [0.5, 0.6) is 0 Å². The molecule has 5 nitrogen and oxygen atoms in total. The summed E-state index contributed by atoms with van der Waals surface area (Å²) >= 11 is 0.985. The van der Waals surface area contributed by atoms with E-state index in [2.05, 4.69) is 0 Å². The van der Waals surface area contributed by atoms with Crippen molar-refractivity contribution >= 4 is 34.4 Å². The Kier molecular flexibility index (Phi) is 7.45. The molecule has 0 aliphatic rings. The molecule has 0 N–H and O–H groups in total. The summed E-state index contributed by atoms with van der Waals surface area (Å²) in [6, 6.07) is 3.13. The van der Waals surface area contributed by atoms with E-state index in [1.807, 2.05) is 53.7 Å². The molecule has 1 atom stereocenters. The van der Waals surface area contributed by atoms with Crippen molar-refractivity contribution in [1.29, 1.82) is 0 Å². The van der Waals surface area contributed by atoms with E-state index in [0.29, 0.717) is 5.69 Å². The Morgan fingerprint density at radius 3 is 2.15 bits per heavy atom. The van der Waals surface area contributed by atoms with Crippen LogP contribution in [0.1, 0.15) is 44.4 Å². The topological polar surface area (TPSA) is 63.7 Å². The van der Waals surface area contributed by atoms with Crippen molar-refractivity contribution in [2.75, 3.05) is 17.8 Å². The molecule has 0 heterocycles. The highest BCUT2D eigenvalue weighted by atomic mass is 32.2. The fourth-order valence-corrected chi connectivity index (χ4v) is 3.36. The highest BCUT2D eigenvalue weighted by Crippen LogP contribution is 2.31. The minimum absolute atomic E-state index is 0.0236. The largest absolute Gasteiger partial charge is 0.467 e. The van der Waals surface area contributed by atoms with Gasteiger partial charge >= 0.3 is 5.97 Å². The Bertz CT molecular complexity index is 706. The SMILES string of the molecule is COC(=O)C(C)N(C(=O)CSC(=O)C(C)(C)C)c1c(C)ccc(C)c1C. The predicted octanol–water partition coefficient (Wildman–Crippen LogP) is 3.81. The molecule has 0 saturated heterocycles. The third-order valence-electron chi connectivity index (χ3n) is 4.28. The Balaban J connectivity index is 3.27. The number of thioether (sulfide) groups is 1. The number of benzene rings is 1. The molecule has 1 aromatic rings. The molecular formula is C20H29NO4S. The maximum Gasteiger partial charge on any atom is 0.328 e. The summed E-state index contributed by atoms with van der Waals surface area (Å²) in [4.78, 5) is 38.8. The van der Waals surface area contributed by atoms with Crippen LogP contribution in [0.4, 0.5) is 5.69 Å². The Morgan fingerprint density at radius 2 is 1.65 bits per heavy atom. The van der Waals surface area contributed by atoms with Gasteiger partial charge in [0.1, 0.15) is 6.04 Å². The van der Waals surface area contributed by atoms with Crippen LogP contribution >= 0.6 is 11.8 Å². The first kappa shape index (κ1) is 22.2. The minimum Gasteiger partial charge on any atom is -0.467 e. The fraction of sp³-hybridized carbons (Fsp3) is 0.550. The van der Waals surface area contributed by atoms with Crippen molar-refractivity contribution in [2.45, 2.75) is 54.5 Å². The number of ether oxygens (including phenoxy) is 1. The first-order chi connectivity index (χ1) is 11.9. The highest BCUT2D eigenvalue weighted by Gasteiger charge is 2.32. The van der Waals surface area contributed by atoms with Gasteiger partial charge in [-0.25, -0.2) is 4.79 Å². The zero-order chi connectivity index (χ0) is 20.2. The second-order valence-corrected chi connectivity index (χ2v) is 8.41. The van der Waals surface area contributed by atoms with Gasteiger partial charge in [-0.15, -0.1) is 0 Å². The molecule has 0 aromatic heterocycles. The monoisotopic (exact) mass is 379 g/mol. The van der Waals surface area contributed by atoms with Crippen molar-refractivity contribution in [1.82, 2.24) is 0 Å². The van der Waals surface area contributed by atoms with Crippen LogP contribution in [-0.2, 0) is 19.1 Å². The lowest BCUT2D eigenvalue weighted by molar-refractivity contribution is -0.142. The zero-order valence-corrected chi connectivity index (χ0v) is 17.7. The van der Waals surface area contributed by atoms with Gasteiger partial charge in [0.2, 0.25) is 5.91 Å². The van der Waals surface area contributed by atoms with Crippen molar-refractivity contribution in [3.63, 3.8) is 0 Å². The molecule has 1 unspecified atom stereocenters. The van der Waals surface area contributed by atoms with Gasteiger partial charge < -0.3 is 4.74 Å². The van der Waals surface area contributed by atoms with E-state index in [0.717, 1.165) is 28.5 Å². The molecule has 6 heteroatoms. The first-order valence-corrected chi connectivity index (χ1v) is 9.54. The summed E-state index contributed by atoms with van der Waals surface area (Å²) < 4.78 is 4.85. The van der Waals surface area contributed by atoms with Crippen LogP contribution in [0.3, 0.4) is 0 Å². The third kappa shape index (κ3) is 5.10. The lowest BCUT2D eigenvalue weighted by Crippen LogP contribution is -2.46. The lowest BCUT2D eigenvalue weighted by atomic mass is 10.00. The summed E-state index contributed by atoms with van der Waals surface area (Å²) in [5.74, 6) is -0.808. The predicted molar refractivity (Wildman–Crippen MR) is 107 cm³/mol. The summed E-state index contributed by atoms with van der Waals surface area (Å²) in [6.07, 6.45) is 0. The summed E-state index contributed by atoms with van der Waals surface area (Å²) in [5.41, 5.74) is 3.03. The van der Waals surface area contributed by atoms with Crippen molar-refractivity contribution in [3.8, 4) is 0 Å². The average Bonchev–Trinajstić information content (AvgIpc) is 2.57. The quantitative estimate of drug-likeness (QED) is 0.728. The van der Waals surface area contributed by atoms with E-state index >= 15 is 0 Å². The number of carbonyl (C=O) groups is 3. The molecule has 0 bridgehead atoms. The molecule has 26 heavy (non-hydrogen) atoms. The molecular weight excluding hydrogens is 350 g/mol. The normalized spacial score (nSPS) is 12.5. The average molecular weight is 380 g/mol. The molecule has 0 fully saturated rings. The summed E-state index contributed by atoms with van der Waals surface area (Å²) in [6.45, 7) is 12.9. The van der Waals surface area contributed by atoms with Gasteiger partial charge in [-0.1, -0.05) is 44.7 Å². The van der Waals surface area contributed by atoms with E-state index in [4.69, 9.17) is 4.74 Å². The number of hydrogen-bond donors (Lipinski definition) is 0. The minimum atomic E-state index is -0.781. The van der Waals surface area contributed by atoms with E-state index in [-0.39, 0.29) is 16.8 Å². The number of hydrogen-bond acceptors (Lipinski definition) is 5. The highest BCUT2D eigenvalue weighted by molar-refractivity contribution is 8.14. The van der Waals surface area contributed by atoms with E-state index in [9.17, 15) is 14.4 Å². The van der Waals surface area contributed by atoms with Crippen LogP contribution in [0.2, 0.25) is 0 Å². The van der Waals surface area contributed by atoms with E-state index < -0.39 is 17.4 Å². The third-order valence-corrected chi connectivity index (χ3v) is 5.55. The number of methoxy groups -OCH3 is 1. The number of rotatable bonds is 5. The molecule has 0 aliphatic carbocycles. The molecule has 0 spiro atoms. The van der Waals surface area contributed by atoms with Crippen molar-refractivity contribution in [2.24, 2.45) is 5.41 Å². The van der Waals surface area contributed by atoms with Crippen LogP contribution in [-0.4, -0.2) is 35.9 Å². The second kappa shape index (κ2) is 8.71. The standard InChI is InChI=1S/C20H29NO4S/c1-12-9-10-13(2)17(14(12)3)21(15(4)18(23)25-8)16(22)11-26-19(24)20(5,6)7/h9-10,15H,11H2,1-8H3. The first-order valence-electron chi connectivity index (χ1n) is 8.55. The number of nitrogens with zero attached hydrogens (tertiary/aromatic N) is 1. The zero-order valence-electron chi connectivity index (χ0n) is 16.9. The molecule has 1 amide bonds. The Hall–Kier alpha value is -1.82. The second-order valence-electron chi connectivity index (χ2n) is 7.46. The number of anilines is 1. The van der Waals surface area contributed by atoms with Gasteiger partial charge in [0.05, 0.1) is 18.6 Å². The number of aryl methyl sites for hydroxylation is 2. The number of amides is 1. The summed E-state index contributed by atoms with van der Waals surface area (Å²) in [5, 5.41) is -0.0609. The van der Waals surface area contributed by atoms with Crippen LogP contribution in [0.25, 0.3) is 0 Å². The van der Waals surface area contributed by atoms with Gasteiger partial charge in [-0.2, -0.15) is 0 Å². The molecule has 1 rings (SSSR count). The lowest BCUT2D eigenvalue weighted by Gasteiger charge is -2.31. The maximum atomic E-state index is 13.0. The molecule has 144 valence electrons. The Morgan fingerprint density at radius 1 is 1.12 bits per heavy atom. The molecule has 1 aromatic carbocycles. The van der Waals surface area contributed by atoms with Gasteiger partial charge in [0.15, 0.2) is 5.12 Å². The van der Waals surface area contributed by atoms with Crippen LogP contribution in [0, 0.1) is 26.2 Å². The number of carbonyl (C=O) groups excluding carboxylic acids is 3. The maximum absolute atomic E-state index is 13.0. The van der Waals surface area contributed by atoms with Gasteiger partial charge in [0, 0.05) is 5.41 Å². The van der Waals surface area contributed by atoms with Gasteiger partial charge in [-0.3, -0.25) is 14.5 Å². The van der Waals surface area contributed by atoms with Gasteiger partial charge in [0.25, 0.3) is 0 Å². The van der Waals surface area contributed by atoms with Crippen molar-refractivity contribution < 1.29 is 19.1 Å². The smallest absolute Gasteiger partial charge is 0.328 e. The van der Waals surface area contributed by atoms with Crippen LogP contribution < -0.4 is 4.90 Å². The molecule has 0 aliphatic heterocycles. The molecule has 0 radical (unpaired) electrons. The van der Waals surface area contributed by atoms with Crippen LogP contribution in [0.15, 0.2) is 12.1 Å². The number of esters is 1. The fourth-order valence-electron chi connectivity index (χ4n) is 2.53. The van der Waals surface area contributed by atoms with Gasteiger partial charge in [-0.05, 0) is 44.4 Å².